The quantitative estimate of drug-likeness (QED) is 0.162. The third-order valence-electron chi connectivity index (χ3n) is 11.8. The number of allylic oxidation sites excluding steroid dienone is 4. The van der Waals surface area contributed by atoms with Crippen LogP contribution in [0.1, 0.15) is 16.7 Å². The van der Waals surface area contributed by atoms with Gasteiger partial charge in [-0.1, -0.05) is 200 Å². The minimum Gasteiger partial charge on any atom is -0.228 e. The van der Waals surface area contributed by atoms with Gasteiger partial charge in [0.25, 0.3) is 0 Å². The first kappa shape index (κ1) is 34.6. The summed E-state index contributed by atoms with van der Waals surface area (Å²) in [6.07, 6.45) is 4.83. The zero-order valence-electron chi connectivity index (χ0n) is 32.3. The molecule has 276 valence electrons. The van der Waals surface area contributed by atoms with Crippen molar-refractivity contribution < 1.29 is 0 Å². The van der Waals surface area contributed by atoms with Crippen molar-refractivity contribution in [3.8, 4) is 45.0 Å². The molecule has 11 rings (SSSR count). The van der Waals surface area contributed by atoms with Crippen LogP contribution in [0, 0.1) is 5.92 Å². The van der Waals surface area contributed by atoms with E-state index in [1.165, 1.54) is 65.8 Å². The van der Waals surface area contributed by atoms with Gasteiger partial charge in [0.05, 0.1) is 11.4 Å². The first-order chi connectivity index (χ1) is 29.2. The van der Waals surface area contributed by atoms with E-state index in [1.807, 2.05) is 6.07 Å². The van der Waals surface area contributed by atoms with Gasteiger partial charge >= 0.3 is 0 Å². The maximum Gasteiger partial charge on any atom is 0.160 e. The first-order valence-corrected chi connectivity index (χ1v) is 20.3. The van der Waals surface area contributed by atoms with Gasteiger partial charge in [-0.3, -0.25) is 0 Å². The average molecular weight is 751 g/mol. The summed E-state index contributed by atoms with van der Waals surface area (Å²) in [4.78, 5) is 10.2. The molecule has 2 aliphatic carbocycles. The van der Waals surface area contributed by atoms with Crippen LogP contribution in [-0.4, -0.2) is 9.97 Å². The third kappa shape index (κ3) is 6.42. The van der Waals surface area contributed by atoms with E-state index in [1.54, 1.807) is 0 Å². The predicted molar refractivity (Wildman–Crippen MR) is 245 cm³/mol. The Morgan fingerprint density at radius 2 is 0.814 bits per heavy atom. The van der Waals surface area contributed by atoms with Crippen LogP contribution >= 0.6 is 0 Å². The van der Waals surface area contributed by atoms with Crippen molar-refractivity contribution in [2.75, 3.05) is 0 Å². The van der Waals surface area contributed by atoms with Crippen LogP contribution in [-0.2, 0) is 0 Å². The van der Waals surface area contributed by atoms with Crippen molar-refractivity contribution in [3.63, 3.8) is 0 Å². The number of nitrogens with zero attached hydrogens (tertiary/aromatic N) is 2. The molecule has 1 heterocycles. The summed E-state index contributed by atoms with van der Waals surface area (Å²) in [7, 11) is 0. The zero-order chi connectivity index (χ0) is 39.1. The summed E-state index contributed by atoms with van der Waals surface area (Å²) >= 11 is 0. The Hall–Kier alpha value is -7.68. The third-order valence-corrected chi connectivity index (χ3v) is 11.8. The number of benzene rings is 8. The number of hydrogen-bond acceptors (Lipinski definition) is 2. The number of hydrogen-bond donors (Lipinski definition) is 0. The Bertz CT molecular complexity index is 3220. The van der Waals surface area contributed by atoms with E-state index in [9.17, 15) is 0 Å². The number of rotatable bonds is 7. The van der Waals surface area contributed by atoms with Crippen molar-refractivity contribution in [2.24, 2.45) is 5.92 Å². The molecule has 0 bridgehead atoms. The molecule has 0 spiro atoms. The largest absolute Gasteiger partial charge is 0.228 e. The molecule has 8 aromatic carbocycles. The Morgan fingerprint density at radius 1 is 0.322 bits per heavy atom. The molecular formula is C57H38N2. The van der Waals surface area contributed by atoms with Crippen LogP contribution in [0.5, 0.6) is 0 Å². The van der Waals surface area contributed by atoms with Crippen LogP contribution < -0.4 is 10.4 Å². The second-order valence-corrected chi connectivity index (χ2v) is 15.3. The lowest BCUT2D eigenvalue weighted by Crippen LogP contribution is -2.23. The lowest BCUT2D eigenvalue weighted by molar-refractivity contribution is 1.15. The molecule has 0 aliphatic heterocycles. The van der Waals surface area contributed by atoms with E-state index >= 15 is 0 Å². The van der Waals surface area contributed by atoms with Gasteiger partial charge in [-0.15, -0.1) is 0 Å². The highest BCUT2D eigenvalue weighted by atomic mass is 14.9. The monoisotopic (exact) mass is 750 g/mol. The van der Waals surface area contributed by atoms with E-state index in [2.05, 4.69) is 218 Å². The molecule has 0 saturated carbocycles. The molecule has 9 aromatic rings. The molecule has 0 N–H and O–H groups in total. The van der Waals surface area contributed by atoms with Gasteiger partial charge in [-0.05, 0) is 95.6 Å². The Morgan fingerprint density at radius 3 is 1.47 bits per heavy atom. The van der Waals surface area contributed by atoms with Crippen LogP contribution in [0.2, 0.25) is 0 Å². The SMILES string of the molecule is C1=C(c2ccccc2)C=C(c2ccc(-c3ccc(-c4cc(-c5ccccc5)nc(-c5ccc6ccccc6c5)n4)cc3)cc2)C2C1=c1ccccc1=C2c1ccccc1. The van der Waals surface area contributed by atoms with E-state index in [0.717, 1.165) is 33.6 Å². The standard InChI is InChI=1S/C57H38N2/c1-4-14-38(15-5-1)48-35-51(56-52(36-48)49-22-12-13-23-50(49)55(56)45-19-8-3-9-20-45)42-29-24-40(25-30-42)41-26-31-44(32-27-41)54-37-53(43-17-6-2-7-18-43)58-57(59-54)47-33-28-39-16-10-11-21-46(39)34-47/h1-37,56H. The van der Waals surface area contributed by atoms with Gasteiger partial charge in [-0.25, -0.2) is 9.97 Å². The highest BCUT2D eigenvalue weighted by Crippen LogP contribution is 2.46. The highest BCUT2D eigenvalue weighted by Gasteiger charge is 2.33. The van der Waals surface area contributed by atoms with Gasteiger partial charge < -0.3 is 0 Å². The zero-order valence-corrected chi connectivity index (χ0v) is 32.3. The molecule has 0 amide bonds. The van der Waals surface area contributed by atoms with Crippen LogP contribution in [0.15, 0.2) is 224 Å². The normalized spacial score (nSPS) is 14.4. The van der Waals surface area contributed by atoms with Crippen molar-refractivity contribution in [2.45, 2.75) is 0 Å². The maximum atomic E-state index is 5.14. The van der Waals surface area contributed by atoms with Crippen molar-refractivity contribution in [1.29, 1.82) is 0 Å². The van der Waals surface area contributed by atoms with Gasteiger partial charge in [-0.2, -0.15) is 0 Å². The molecule has 2 aliphatic rings. The van der Waals surface area contributed by atoms with Crippen LogP contribution in [0.4, 0.5) is 0 Å². The minimum absolute atomic E-state index is 0.125. The first-order valence-electron chi connectivity index (χ1n) is 20.3. The second kappa shape index (κ2) is 14.7. The number of fused-ring (bicyclic) bond motifs is 3. The smallest absolute Gasteiger partial charge is 0.160 e. The molecule has 1 unspecified atom stereocenters. The Kier molecular flexibility index (Phi) is 8.60. The summed E-state index contributed by atoms with van der Waals surface area (Å²) in [6.45, 7) is 0. The summed E-state index contributed by atoms with van der Waals surface area (Å²) in [5, 5.41) is 5.00. The molecule has 1 atom stereocenters. The van der Waals surface area contributed by atoms with Crippen molar-refractivity contribution in [1.82, 2.24) is 9.97 Å². The van der Waals surface area contributed by atoms with Gasteiger partial charge in [0.15, 0.2) is 5.82 Å². The second-order valence-electron chi connectivity index (χ2n) is 15.3. The van der Waals surface area contributed by atoms with Gasteiger partial charge in [0.2, 0.25) is 0 Å². The average Bonchev–Trinajstić information content (AvgIpc) is 3.66. The van der Waals surface area contributed by atoms with Crippen LogP contribution in [0.25, 0.3) is 78.1 Å². The van der Waals surface area contributed by atoms with Crippen LogP contribution in [0.3, 0.4) is 0 Å². The fourth-order valence-electron chi connectivity index (χ4n) is 8.87. The predicted octanol–water partition coefficient (Wildman–Crippen LogP) is 12.5. The van der Waals surface area contributed by atoms with E-state index < -0.39 is 0 Å². The lowest BCUT2D eigenvalue weighted by Gasteiger charge is -2.27. The molecule has 2 nitrogen and oxygen atoms in total. The molecular weight excluding hydrogens is 713 g/mol. The molecule has 0 radical (unpaired) electrons. The lowest BCUT2D eigenvalue weighted by atomic mass is 9.75. The molecule has 2 heteroatoms. The fraction of sp³-hybridized carbons (Fsp3) is 0.0175. The summed E-state index contributed by atoms with van der Waals surface area (Å²) in [5.74, 6) is 0.841. The van der Waals surface area contributed by atoms with E-state index in [0.29, 0.717) is 5.82 Å². The van der Waals surface area contributed by atoms with E-state index in [-0.39, 0.29) is 5.92 Å². The topological polar surface area (TPSA) is 25.8 Å². The van der Waals surface area contributed by atoms with E-state index in [4.69, 9.17) is 9.97 Å². The summed E-state index contributed by atoms with van der Waals surface area (Å²) in [5.41, 5.74) is 16.2. The number of aromatic nitrogens is 2. The molecule has 0 fully saturated rings. The van der Waals surface area contributed by atoms with Crippen molar-refractivity contribution >= 4 is 33.1 Å². The van der Waals surface area contributed by atoms with Gasteiger partial charge in [0, 0.05) is 22.6 Å². The molecule has 1 aromatic heterocycles. The summed E-state index contributed by atoms with van der Waals surface area (Å²) in [6, 6.07) is 75.9. The maximum absolute atomic E-state index is 5.14. The van der Waals surface area contributed by atoms with Gasteiger partial charge in [0.1, 0.15) is 0 Å². The minimum atomic E-state index is 0.125. The summed E-state index contributed by atoms with van der Waals surface area (Å²) < 4.78 is 0. The Balaban J connectivity index is 0.958. The van der Waals surface area contributed by atoms with Crippen molar-refractivity contribution in [3.05, 3.63) is 252 Å². The highest BCUT2D eigenvalue weighted by molar-refractivity contribution is 6.05. The molecule has 59 heavy (non-hydrogen) atoms. The Labute approximate surface area is 344 Å². The molecule has 0 saturated heterocycles. The fourth-order valence-corrected chi connectivity index (χ4v) is 8.87.